The third-order valence-electron chi connectivity index (χ3n) is 4.28. The fraction of sp³-hybridized carbons (Fsp3) is 0.524. The number of hydrogen-bond donors (Lipinski definition) is 2. The lowest BCUT2D eigenvalue weighted by molar-refractivity contribution is 0.223. The molecule has 1 aromatic carbocycles. The van der Waals surface area contributed by atoms with E-state index < -0.39 is 0 Å². The number of methoxy groups -OCH3 is 1. The molecule has 1 atom stereocenters. The number of benzene rings is 1. The van der Waals surface area contributed by atoms with Crippen LogP contribution in [0, 0.1) is 0 Å². The number of ether oxygens (including phenoxy) is 2. The summed E-state index contributed by atoms with van der Waals surface area (Å²) in [6, 6.07) is 7.60. The van der Waals surface area contributed by atoms with Gasteiger partial charge in [-0.05, 0) is 32.4 Å². The fourth-order valence-corrected chi connectivity index (χ4v) is 2.81. The van der Waals surface area contributed by atoms with Crippen LogP contribution in [0.25, 0.3) is 0 Å². The highest BCUT2D eigenvalue weighted by molar-refractivity contribution is 5.79. The summed E-state index contributed by atoms with van der Waals surface area (Å²) in [5.41, 5.74) is 2.06. The first kappa shape index (κ1) is 21.6. The Labute approximate surface area is 167 Å². The maximum atomic E-state index is 5.96. The quantitative estimate of drug-likeness (QED) is 0.480. The highest BCUT2D eigenvalue weighted by atomic mass is 16.5. The molecule has 28 heavy (non-hydrogen) atoms. The van der Waals surface area contributed by atoms with Crippen LogP contribution >= 0.6 is 0 Å². The molecule has 0 saturated carbocycles. The van der Waals surface area contributed by atoms with Crippen LogP contribution in [-0.4, -0.2) is 37.4 Å². The molecule has 1 unspecified atom stereocenters. The summed E-state index contributed by atoms with van der Waals surface area (Å²) in [7, 11) is 1.65. The molecule has 0 amide bonds. The van der Waals surface area contributed by atoms with E-state index in [0.717, 1.165) is 53.9 Å². The summed E-state index contributed by atoms with van der Waals surface area (Å²) in [5.74, 6) is 3.21. The largest absolute Gasteiger partial charge is 0.497 e. The van der Waals surface area contributed by atoms with E-state index in [1.165, 1.54) is 0 Å². The molecule has 2 rings (SSSR count). The van der Waals surface area contributed by atoms with E-state index in [4.69, 9.17) is 19.0 Å². The Balaban J connectivity index is 1.96. The van der Waals surface area contributed by atoms with E-state index in [-0.39, 0.29) is 6.10 Å². The first-order valence-electron chi connectivity index (χ1n) is 9.90. The Morgan fingerprint density at radius 3 is 2.64 bits per heavy atom. The lowest BCUT2D eigenvalue weighted by Crippen LogP contribution is -2.41. The van der Waals surface area contributed by atoms with Gasteiger partial charge in [0, 0.05) is 24.6 Å². The van der Waals surface area contributed by atoms with Gasteiger partial charge in [-0.2, -0.15) is 0 Å². The molecule has 2 N–H and O–H groups in total. The highest BCUT2D eigenvalue weighted by Gasteiger charge is 2.13. The summed E-state index contributed by atoms with van der Waals surface area (Å²) in [6.45, 7) is 10.1. The van der Waals surface area contributed by atoms with E-state index >= 15 is 0 Å². The minimum Gasteiger partial charge on any atom is -0.497 e. The van der Waals surface area contributed by atoms with Crippen molar-refractivity contribution in [3.05, 3.63) is 41.3 Å². The van der Waals surface area contributed by atoms with Gasteiger partial charge in [-0.25, -0.2) is 4.99 Å². The Bertz CT molecular complexity index is 736. The second kappa shape index (κ2) is 11.2. The predicted molar refractivity (Wildman–Crippen MR) is 111 cm³/mol. The SMILES string of the molecule is CCNC(=NCc1c(CC)noc1CC)NCC(C)Oc1cccc(OC)c1. The van der Waals surface area contributed by atoms with Crippen LogP contribution in [0.15, 0.2) is 33.8 Å². The minimum absolute atomic E-state index is 0.0380. The monoisotopic (exact) mass is 388 g/mol. The van der Waals surface area contributed by atoms with Crippen molar-refractivity contribution in [3.8, 4) is 11.5 Å². The van der Waals surface area contributed by atoms with Crippen molar-refractivity contribution < 1.29 is 14.0 Å². The molecular formula is C21H32N4O3. The van der Waals surface area contributed by atoms with Crippen molar-refractivity contribution >= 4 is 5.96 Å². The van der Waals surface area contributed by atoms with Crippen molar-refractivity contribution in [2.24, 2.45) is 4.99 Å². The average molecular weight is 389 g/mol. The standard InChI is InChI=1S/C21H32N4O3/c1-6-19-18(20(7-2)28-25-19)14-24-21(22-8-3)23-13-15(4)27-17-11-9-10-16(12-17)26-5/h9-12,15H,6-8,13-14H2,1-5H3,(H2,22,23,24). The molecule has 7 heteroatoms. The van der Waals surface area contributed by atoms with Gasteiger partial charge in [0.05, 0.1) is 25.9 Å². The van der Waals surface area contributed by atoms with Gasteiger partial charge in [0.25, 0.3) is 0 Å². The molecule has 154 valence electrons. The van der Waals surface area contributed by atoms with Gasteiger partial charge in [-0.3, -0.25) is 0 Å². The number of aromatic nitrogens is 1. The topological polar surface area (TPSA) is 80.9 Å². The van der Waals surface area contributed by atoms with Gasteiger partial charge >= 0.3 is 0 Å². The number of guanidine groups is 1. The van der Waals surface area contributed by atoms with E-state index in [9.17, 15) is 0 Å². The Morgan fingerprint density at radius 2 is 1.96 bits per heavy atom. The van der Waals surface area contributed by atoms with Crippen LogP contribution in [0.2, 0.25) is 0 Å². The van der Waals surface area contributed by atoms with Crippen LogP contribution in [0.4, 0.5) is 0 Å². The number of aryl methyl sites for hydroxylation is 2. The maximum absolute atomic E-state index is 5.96. The van der Waals surface area contributed by atoms with E-state index in [2.05, 4.69) is 29.6 Å². The molecule has 0 aliphatic heterocycles. The van der Waals surface area contributed by atoms with Crippen molar-refractivity contribution in [3.63, 3.8) is 0 Å². The molecule has 1 heterocycles. The molecule has 0 fully saturated rings. The molecule has 2 aromatic rings. The number of nitrogens with zero attached hydrogens (tertiary/aromatic N) is 2. The summed E-state index contributed by atoms with van der Waals surface area (Å²) >= 11 is 0. The molecule has 0 radical (unpaired) electrons. The average Bonchev–Trinajstić information content (AvgIpc) is 3.12. The number of hydrogen-bond acceptors (Lipinski definition) is 5. The lowest BCUT2D eigenvalue weighted by atomic mass is 10.1. The summed E-state index contributed by atoms with van der Waals surface area (Å²) in [6.07, 6.45) is 1.61. The van der Waals surface area contributed by atoms with Crippen molar-refractivity contribution in [1.82, 2.24) is 15.8 Å². The third kappa shape index (κ3) is 6.18. The van der Waals surface area contributed by atoms with Crippen molar-refractivity contribution in [2.75, 3.05) is 20.2 Å². The normalized spacial score (nSPS) is 12.5. The van der Waals surface area contributed by atoms with E-state index in [0.29, 0.717) is 13.1 Å². The van der Waals surface area contributed by atoms with Crippen LogP contribution in [0.3, 0.4) is 0 Å². The van der Waals surface area contributed by atoms with Crippen LogP contribution in [0.1, 0.15) is 44.7 Å². The van der Waals surface area contributed by atoms with Crippen LogP contribution in [-0.2, 0) is 19.4 Å². The zero-order chi connectivity index (χ0) is 20.4. The van der Waals surface area contributed by atoms with Gasteiger partial charge in [0.2, 0.25) is 0 Å². The lowest BCUT2D eigenvalue weighted by Gasteiger charge is -2.18. The van der Waals surface area contributed by atoms with Crippen molar-refractivity contribution in [1.29, 1.82) is 0 Å². The predicted octanol–water partition coefficient (Wildman–Crippen LogP) is 3.33. The Hall–Kier alpha value is -2.70. The number of rotatable bonds is 10. The van der Waals surface area contributed by atoms with Crippen LogP contribution in [0.5, 0.6) is 11.5 Å². The first-order valence-corrected chi connectivity index (χ1v) is 9.90. The van der Waals surface area contributed by atoms with Crippen LogP contribution < -0.4 is 20.1 Å². The molecule has 7 nitrogen and oxygen atoms in total. The molecule has 1 aromatic heterocycles. The van der Waals surface area contributed by atoms with Gasteiger partial charge < -0.3 is 24.6 Å². The summed E-state index contributed by atoms with van der Waals surface area (Å²) < 4.78 is 16.6. The van der Waals surface area contributed by atoms with Gasteiger partial charge in [0.15, 0.2) is 5.96 Å². The fourth-order valence-electron chi connectivity index (χ4n) is 2.81. The number of nitrogens with one attached hydrogen (secondary N) is 2. The zero-order valence-electron chi connectivity index (χ0n) is 17.5. The minimum atomic E-state index is -0.0380. The molecule has 0 aliphatic rings. The molecule has 0 spiro atoms. The number of aliphatic imine (C=N–C) groups is 1. The Morgan fingerprint density at radius 1 is 1.18 bits per heavy atom. The van der Waals surface area contributed by atoms with Crippen molar-refractivity contribution in [2.45, 2.75) is 53.2 Å². The maximum Gasteiger partial charge on any atom is 0.191 e. The second-order valence-corrected chi connectivity index (χ2v) is 6.42. The Kier molecular flexibility index (Phi) is 8.65. The van der Waals surface area contributed by atoms with Gasteiger partial charge in [-0.15, -0.1) is 0 Å². The smallest absolute Gasteiger partial charge is 0.191 e. The molecule has 0 saturated heterocycles. The first-order chi connectivity index (χ1) is 13.6. The summed E-state index contributed by atoms with van der Waals surface area (Å²) in [5, 5.41) is 10.8. The molecule has 0 aliphatic carbocycles. The van der Waals surface area contributed by atoms with E-state index in [1.807, 2.05) is 38.1 Å². The van der Waals surface area contributed by atoms with Gasteiger partial charge in [0.1, 0.15) is 23.4 Å². The van der Waals surface area contributed by atoms with E-state index in [1.54, 1.807) is 7.11 Å². The second-order valence-electron chi connectivity index (χ2n) is 6.42. The van der Waals surface area contributed by atoms with Gasteiger partial charge in [-0.1, -0.05) is 25.1 Å². The zero-order valence-corrected chi connectivity index (χ0v) is 17.5. The molecule has 0 bridgehead atoms. The molecular weight excluding hydrogens is 356 g/mol. The highest BCUT2D eigenvalue weighted by Crippen LogP contribution is 2.20. The summed E-state index contributed by atoms with van der Waals surface area (Å²) in [4.78, 5) is 4.70. The third-order valence-corrected chi connectivity index (χ3v) is 4.28.